The molecule has 0 atom stereocenters. The van der Waals surface area contributed by atoms with Gasteiger partial charge in [-0.1, -0.05) is 12.1 Å². The van der Waals surface area contributed by atoms with E-state index in [4.69, 9.17) is 0 Å². The van der Waals surface area contributed by atoms with Gasteiger partial charge in [0.05, 0.1) is 5.60 Å². The molecule has 0 aliphatic carbocycles. The smallest absolute Gasteiger partial charge is 0.227 e. The van der Waals surface area contributed by atoms with Crippen LogP contribution in [0.2, 0.25) is 0 Å². The van der Waals surface area contributed by atoms with Crippen molar-refractivity contribution in [3.05, 3.63) is 47.2 Å². The lowest BCUT2D eigenvalue weighted by molar-refractivity contribution is -0.116. The van der Waals surface area contributed by atoms with Gasteiger partial charge in [0.2, 0.25) is 5.91 Å². The average Bonchev–Trinajstić information content (AvgIpc) is 3.08. The maximum absolute atomic E-state index is 13.0. The number of aromatic nitrogens is 1. The number of nitrogens with zero attached hydrogens (tertiary/aromatic N) is 2. The zero-order valence-corrected chi connectivity index (χ0v) is 14.1. The average molecular weight is 349 g/mol. The first-order valence-corrected chi connectivity index (χ1v) is 8.83. The Morgan fingerprint density at radius 2 is 2.04 bits per heavy atom. The van der Waals surface area contributed by atoms with Gasteiger partial charge in [-0.25, -0.2) is 9.37 Å². The number of aliphatic hydroxyl groups is 1. The maximum Gasteiger partial charge on any atom is 0.227 e. The second-order valence-electron chi connectivity index (χ2n) is 6.02. The Morgan fingerprint density at radius 1 is 1.33 bits per heavy atom. The Kier molecular flexibility index (Phi) is 5.23. The molecule has 128 valence electrons. The molecule has 2 heterocycles. The predicted molar refractivity (Wildman–Crippen MR) is 91.3 cm³/mol. The largest absolute Gasteiger partial charge is 0.385 e. The van der Waals surface area contributed by atoms with E-state index in [1.807, 2.05) is 5.38 Å². The van der Waals surface area contributed by atoms with E-state index in [0.29, 0.717) is 44.0 Å². The number of piperidine rings is 1. The summed E-state index contributed by atoms with van der Waals surface area (Å²) < 4.78 is 13.0. The first-order valence-electron chi connectivity index (χ1n) is 7.95. The molecule has 1 aliphatic heterocycles. The molecule has 0 unspecified atom stereocenters. The number of likely N-dealkylation sites (tertiary alicyclic amines) is 1. The lowest BCUT2D eigenvalue weighted by atomic mass is 9.84. The van der Waals surface area contributed by atoms with E-state index in [9.17, 15) is 14.3 Å². The summed E-state index contributed by atoms with van der Waals surface area (Å²) in [6.07, 6.45) is 3.20. The quantitative estimate of drug-likeness (QED) is 0.871. The summed E-state index contributed by atoms with van der Waals surface area (Å²) in [6, 6.07) is 6.05. The molecule has 2 N–H and O–H groups in total. The monoisotopic (exact) mass is 349 g/mol. The fourth-order valence-corrected chi connectivity index (χ4v) is 3.47. The number of halogens is 1. The zero-order valence-electron chi connectivity index (χ0n) is 13.2. The molecule has 3 rings (SSSR count). The molecule has 2 aromatic rings. The van der Waals surface area contributed by atoms with Crippen LogP contribution in [-0.4, -0.2) is 40.5 Å². The number of benzene rings is 1. The van der Waals surface area contributed by atoms with Crippen LogP contribution in [0, 0.1) is 5.82 Å². The van der Waals surface area contributed by atoms with Crippen molar-refractivity contribution in [3.8, 4) is 0 Å². The summed E-state index contributed by atoms with van der Waals surface area (Å²) in [6.45, 7) is 2.06. The Balaban J connectivity index is 1.46. The molecule has 1 amide bonds. The number of nitrogens with one attached hydrogen (secondary N) is 1. The molecule has 1 aliphatic rings. The van der Waals surface area contributed by atoms with Gasteiger partial charge in [-0.2, -0.15) is 0 Å². The number of thiazole rings is 1. The predicted octanol–water partition coefficient (Wildman–Crippen LogP) is 2.59. The number of hydrogen-bond donors (Lipinski definition) is 2. The standard InChI is InChI=1S/C17H20FN3O2S/c18-14-3-1-13(2-4-14)17(23)6-10-21(11-7-17)9-5-15(22)20-16-19-8-12-24-16/h1-4,8,12,23H,5-7,9-11H2,(H,19,20,22). The molecular weight excluding hydrogens is 329 g/mol. The molecule has 1 aromatic heterocycles. The van der Waals surface area contributed by atoms with Crippen molar-refractivity contribution in [1.29, 1.82) is 0 Å². The van der Waals surface area contributed by atoms with E-state index < -0.39 is 5.60 Å². The van der Waals surface area contributed by atoms with Crippen LogP contribution in [0.25, 0.3) is 0 Å². The summed E-state index contributed by atoms with van der Waals surface area (Å²) in [5.41, 5.74) is -0.155. The van der Waals surface area contributed by atoms with Crippen molar-refractivity contribution < 1.29 is 14.3 Å². The highest BCUT2D eigenvalue weighted by atomic mass is 32.1. The minimum Gasteiger partial charge on any atom is -0.385 e. The molecule has 24 heavy (non-hydrogen) atoms. The van der Waals surface area contributed by atoms with E-state index in [1.165, 1.54) is 23.5 Å². The van der Waals surface area contributed by atoms with Gasteiger partial charge in [-0.05, 0) is 30.5 Å². The third-order valence-corrected chi connectivity index (χ3v) is 5.09. The van der Waals surface area contributed by atoms with Gasteiger partial charge in [0.1, 0.15) is 5.82 Å². The number of carbonyl (C=O) groups excluding carboxylic acids is 1. The van der Waals surface area contributed by atoms with Gasteiger partial charge in [0, 0.05) is 37.6 Å². The molecule has 0 bridgehead atoms. The Bertz CT molecular complexity index is 668. The molecule has 0 spiro atoms. The van der Waals surface area contributed by atoms with E-state index in [2.05, 4.69) is 15.2 Å². The van der Waals surface area contributed by atoms with Crippen LogP contribution in [0.5, 0.6) is 0 Å². The number of hydrogen-bond acceptors (Lipinski definition) is 5. The molecule has 7 heteroatoms. The highest BCUT2D eigenvalue weighted by molar-refractivity contribution is 7.13. The Hall–Kier alpha value is -1.83. The molecule has 0 radical (unpaired) electrons. The van der Waals surface area contributed by atoms with Crippen molar-refractivity contribution in [1.82, 2.24) is 9.88 Å². The lowest BCUT2D eigenvalue weighted by Crippen LogP contribution is -2.43. The number of carbonyl (C=O) groups is 1. The first kappa shape index (κ1) is 17.0. The Labute approximate surface area is 144 Å². The third-order valence-electron chi connectivity index (χ3n) is 4.40. The molecular formula is C17H20FN3O2S. The topological polar surface area (TPSA) is 65.5 Å². The van der Waals surface area contributed by atoms with Crippen LogP contribution in [0.1, 0.15) is 24.8 Å². The summed E-state index contributed by atoms with van der Waals surface area (Å²) in [5.74, 6) is -0.352. The summed E-state index contributed by atoms with van der Waals surface area (Å²) in [5, 5.41) is 16.0. The normalized spacial score (nSPS) is 17.6. The van der Waals surface area contributed by atoms with Crippen molar-refractivity contribution >= 4 is 22.4 Å². The van der Waals surface area contributed by atoms with Gasteiger partial charge in [-0.3, -0.25) is 4.79 Å². The maximum atomic E-state index is 13.0. The van der Waals surface area contributed by atoms with E-state index in [-0.39, 0.29) is 11.7 Å². The lowest BCUT2D eigenvalue weighted by Gasteiger charge is -2.38. The number of anilines is 1. The second kappa shape index (κ2) is 7.38. The molecule has 5 nitrogen and oxygen atoms in total. The van der Waals surface area contributed by atoms with Gasteiger partial charge in [0.25, 0.3) is 0 Å². The van der Waals surface area contributed by atoms with E-state index >= 15 is 0 Å². The summed E-state index contributed by atoms with van der Waals surface area (Å²) in [7, 11) is 0. The van der Waals surface area contributed by atoms with Crippen LogP contribution in [0.4, 0.5) is 9.52 Å². The SMILES string of the molecule is O=C(CCN1CCC(O)(c2ccc(F)cc2)CC1)Nc1nccs1. The number of rotatable bonds is 5. The minimum atomic E-state index is -0.909. The Morgan fingerprint density at radius 3 is 2.67 bits per heavy atom. The van der Waals surface area contributed by atoms with Crippen LogP contribution in [0.15, 0.2) is 35.8 Å². The van der Waals surface area contributed by atoms with Gasteiger partial charge in [0.15, 0.2) is 5.13 Å². The van der Waals surface area contributed by atoms with Crippen LogP contribution >= 0.6 is 11.3 Å². The van der Waals surface area contributed by atoms with E-state index in [0.717, 1.165) is 5.56 Å². The summed E-state index contributed by atoms with van der Waals surface area (Å²) in [4.78, 5) is 18.1. The van der Waals surface area contributed by atoms with Crippen molar-refractivity contribution in [3.63, 3.8) is 0 Å². The zero-order chi connectivity index (χ0) is 17.0. The highest BCUT2D eigenvalue weighted by Crippen LogP contribution is 2.32. The summed E-state index contributed by atoms with van der Waals surface area (Å²) >= 11 is 1.39. The molecule has 0 saturated carbocycles. The fourth-order valence-electron chi connectivity index (χ4n) is 2.92. The van der Waals surface area contributed by atoms with Crippen LogP contribution < -0.4 is 5.32 Å². The first-order chi connectivity index (χ1) is 11.5. The van der Waals surface area contributed by atoms with Gasteiger partial charge >= 0.3 is 0 Å². The molecule has 1 aromatic carbocycles. The molecule has 1 fully saturated rings. The fraction of sp³-hybridized carbons (Fsp3) is 0.412. The highest BCUT2D eigenvalue weighted by Gasteiger charge is 2.33. The molecule has 1 saturated heterocycles. The van der Waals surface area contributed by atoms with Crippen LogP contribution in [0.3, 0.4) is 0 Å². The van der Waals surface area contributed by atoms with Crippen molar-refractivity contribution in [2.45, 2.75) is 24.9 Å². The van der Waals surface area contributed by atoms with Crippen LogP contribution in [-0.2, 0) is 10.4 Å². The number of amides is 1. The minimum absolute atomic E-state index is 0.0516. The van der Waals surface area contributed by atoms with Gasteiger partial charge in [-0.15, -0.1) is 11.3 Å². The van der Waals surface area contributed by atoms with Gasteiger partial charge < -0.3 is 15.3 Å². The third kappa shape index (κ3) is 4.17. The van der Waals surface area contributed by atoms with Crippen molar-refractivity contribution in [2.24, 2.45) is 0 Å². The van der Waals surface area contributed by atoms with Crippen molar-refractivity contribution in [2.75, 3.05) is 25.0 Å². The van der Waals surface area contributed by atoms with E-state index in [1.54, 1.807) is 18.3 Å². The second-order valence-corrected chi connectivity index (χ2v) is 6.91.